The summed E-state index contributed by atoms with van der Waals surface area (Å²) < 4.78 is 13.5. The van der Waals surface area contributed by atoms with Crippen molar-refractivity contribution in [3.63, 3.8) is 0 Å². The Hall–Kier alpha value is -2.69. The molecule has 168 valence electrons. The topological polar surface area (TPSA) is 49.4 Å². The van der Waals surface area contributed by atoms with Crippen LogP contribution in [0.3, 0.4) is 0 Å². The minimum atomic E-state index is -0.527. The molecule has 2 aromatic rings. The zero-order valence-corrected chi connectivity index (χ0v) is 18.5. The molecule has 3 fully saturated rings. The van der Waals surface area contributed by atoms with Crippen molar-refractivity contribution < 1.29 is 14.0 Å². The average Bonchev–Trinajstić information content (AvgIpc) is 3.31. The van der Waals surface area contributed by atoms with E-state index in [1.807, 2.05) is 11.0 Å². The van der Waals surface area contributed by atoms with Gasteiger partial charge in [0.25, 0.3) is 0 Å². The summed E-state index contributed by atoms with van der Waals surface area (Å²) in [6, 6.07) is 17.0. The number of piperidine rings is 2. The molecule has 2 saturated heterocycles. The summed E-state index contributed by atoms with van der Waals surface area (Å²) in [6.07, 6.45) is 5.91. The van der Waals surface area contributed by atoms with Crippen molar-refractivity contribution >= 4 is 11.8 Å². The number of amides is 2. The lowest BCUT2D eigenvalue weighted by atomic mass is 9.62. The normalized spacial score (nSPS) is 24.3. The minimum Gasteiger partial charge on any atom is -0.355 e. The smallest absolute Gasteiger partial charge is 0.233 e. The van der Waals surface area contributed by atoms with Gasteiger partial charge in [-0.25, -0.2) is 4.39 Å². The first-order valence-corrected chi connectivity index (χ1v) is 11.9. The van der Waals surface area contributed by atoms with Gasteiger partial charge in [0, 0.05) is 32.0 Å². The van der Waals surface area contributed by atoms with Gasteiger partial charge in [-0.2, -0.15) is 0 Å². The van der Waals surface area contributed by atoms with Gasteiger partial charge in [-0.05, 0) is 54.4 Å². The number of halogens is 1. The number of hydrogen-bond donors (Lipinski definition) is 1. The molecule has 4 nitrogen and oxygen atoms in total. The first-order valence-electron chi connectivity index (χ1n) is 11.9. The maximum atomic E-state index is 13.8. The van der Waals surface area contributed by atoms with E-state index < -0.39 is 5.41 Å². The zero-order valence-electron chi connectivity index (χ0n) is 18.5. The van der Waals surface area contributed by atoms with E-state index >= 15 is 0 Å². The van der Waals surface area contributed by atoms with Crippen molar-refractivity contribution in [3.8, 4) is 0 Å². The van der Waals surface area contributed by atoms with Crippen LogP contribution in [0.1, 0.15) is 62.0 Å². The second-order valence-electron chi connectivity index (χ2n) is 9.89. The monoisotopic (exact) mass is 434 g/mol. The SMILES string of the molecule is O=C1CC2(CCN(C(=O)C3(c4ccc(F)cc4)CCCC3)CC2)C(c2ccccc2)CN1. The maximum Gasteiger partial charge on any atom is 0.233 e. The predicted octanol–water partition coefficient (Wildman–Crippen LogP) is 4.55. The van der Waals surface area contributed by atoms with Gasteiger partial charge in [-0.15, -0.1) is 0 Å². The molecule has 1 N–H and O–H groups in total. The van der Waals surface area contributed by atoms with Crippen LogP contribution in [0, 0.1) is 11.2 Å². The average molecular weight is 435 g/mol. The van der Waals surface area contributed by atoms with E-state index in [-0.39, 0.29) is 29.0 Å². The number of carbonyl (C=O) groups excluding carboxylic acids is 2. The van der Waals surface area contributed by atoms with Crippen LogP contribution < -0.4 is 5.32 Å². The Morgan fingerprint density at radius 3 is 2.25 bits per heavy atom. The molecule has 1 saturated carbocycles. The number of carbonyl (C=O) groups is 2. The largest absolute Gasteiger partial charge is 0.355 e. The summed E-state index contributed by atoms with van der Waals surface area (Å²) in [7, 11) is 0. The summed E-state index contributed by atoms with van der Waals surface area (Å²) in [5.74, 6) is 0.316. The molecule has 0 aromatic heterocycles. The van der Waals surface area contributed by atoms with Crippen LogP contribution >= 0.6 is 0 Å². The lowest BCUT2D eigenvalue weighted by Crippen LogP contribution is -2.55. The number of rotatable bonds is 3. The van der Waals surface area contributed by atoms with Crippen LogP contribution in [0.2, 0.25) is 0 Å². The zero-order chi connectivity index (χ0) is 22.2. The van der Waals surface area contributed by atoms with Gasteiger partial charge in [0.05, 0.1) is 5.41 Å². The lowest BCUT2D eigenvalue weighted by Gasteiger charge is -2.50. The van der Waals surface area contributed by atoms with Crippen molar-refractivity contribution in [3.05, 3.63) is 71.5 Å². The Bertz CT molecular complexity index is 974. The van der Waals surface area contributed by atoms with Crippen LogP contribution in [-0.4, -0.2) is 36.3 Å². The molecule has 1 spiro atoms. The Morgan fingerprint density at radius 2 is 1.59 bits per heavy atom. The summed E-state index contributed by atoms with van der Waals surface area (Å²) in [4.78, 5) is 28.2. The van der Waals surface area contributed by atoms with Gasteiger partial charge in [0.1, 0.15) is 5.82 Å². The van der Waals surface area contributed by atoms with Gasteiger partial charge in [-0.3, -0.25) is 9.59 Å². The molecule has 2 aromatic carbocycles. The van der Waals surface area contributed by atoms with Crippen molar-refractivity contribution in [2.45, 2.75) is 56.3 Å². The highest BCUT2D eigenvalue weighted by molar-refractivity contribution is 5.89. The Morgan fingerprint density at radius 1 is 0.938 bits per heavy atom. The molecular formula is C27H31FN2O2. The minimum absolute atomic E-state index is 0.0980. The molecule has 1 unspecified atom stereocenters. The second-order valence-corrected chi connectivity index (χ2v) is 9.89. The van der Waals surface area contributed by atoms with Crippen LogP contribution in [0.5, 0.6) is 0 Å². The summed E-state index contributed by atoms with van der Waals surface area (Å²) in [6.45, 7) is 2.02. The first kappa shape index (κ1) is 21.2. The molecule has 2 amide bonds. The number of hydrogen-bond acceptors (Lipinski definition) is 2. The van der Waals surface area contributed by atoms with Crippen molar-refractivity contribution in [1.82, 2.24) is 10.2 Å². The third-order valence-electron chi connectivity index (χ3n) is 8.27. The van der Waals surface area contributed by atoms with Crippen molar-refractivity contribution in [2.24, 2.45) is 5.41 Å². The van der Waals surface area contributed by atoms with E-state index in [2.05, 4.69) is 29.6 Å². The van der Waals surface area contributed by atoms with E-state index in [0.29, 0.717) is 26.1 Å². The molecule has 3 aliphatic rings. The van der Waals surface area contributed by atoms with Crippen LogP contribution in [0.15, 0.2) is 54.6 Å². The Balaban J connectivity index is 1.37. The molecule has 2 aliphatic heterocycles. The molecule has 1 aliphatic carbocycles. The molecule has 2 heterocycles. The second kappa shape index (κ2) is 8.34. The van der Waals surface area contributed by atoms with Crippen LogP contribution in [0.4, 0.5) is 4.39 Å². The number of nitrogens with one attached hydrogen (secondary N) is 1. The van der Waals surface area contributed by atoms with Gasteiger partial charge >= 0.3 is 0 Å². The highest BCUT2D eigenvalue weighted by Crippen LogP contribution is 2.50. The molecule has 0 bridgehead atoms. The van der Waals surface area contributed by atoms with E-state index in [0.717, 1.165) is 44.1 Å². The summed E-state index contributed by atoms with van der Waals surface area (Å²) in [5.41, 5.74) is 1.59. The number of likely N-dealkylation sites (tertiary alicyclic amines) is 1. The van der Waals surface area contributed by atoms with E-state index in [9.17, 15) is 14.0 Å². The van der Waals surface area contributed by atoms with Gasteiger partial charge in [0.15, 0.2) is 0 Å². The Kier molecular flexibility index (Phi) is 5.52. The van der Waals surface area contributed by atoms with E-state index in [4.69, 9.17) is 0 Å². The third kappa shape index (κ3) is 3.62. The van der Waals surface area contributed by atoms with E-state index in [1.165, 1.54) is 17.7 Å². The molecule has 32 heavy (non-hydrogen) atoms. The summed E-state index contributed by atoms with van der Waals surface area (Å²) >= 11 is 0. The number of benzene rings is 2. The molecule has 1 atom stereocenters. The highest BCUT2D eigenvalue weighted by Gasteiger charge is 2.50. The molecule has 5 rings (SSSR count). The van der Waals surface area contributed by atoms with E-state index in [1.54, 1.807) is 12.1 Å². The summed E-state index contributed by atoms with van der Waals surface area (Å²) in [5, 5.41) is 3.06. The van der Waals surface area contributed by atoms with Gasteiger partial charge < -0.3 is 10.2 Å². The quantitative estimate of drug-likeness (QED) is 0.771. The van der Waals surface area contributed by atoms with Gasteiger partial charge in [-0.1, -0.05) is 55.3 Å². The molecule has 5 heteroatoms. The van der Waals surface area contributed by atoms with Crippen molar-refractivity contribution in [1.29, 1.82) is 0 Å². The highest BCUT2D eigenvalue weighted by atomic mass is 19.1. The molecular weight excluding hydrogens is 403 g/mol. The maximum absolute atomic E-state index is 13.8. The standard InChI is InChI=1S/C27H31FN2O2/c28-22-10-8-21(9-11-22)27(12-4-5-13-27)25(32)30-16-14-26(15-17-30)18-24(31)29-19-23(26)20-6-2-1-3-7-20/h1-3,6-11,23H,4-5,12-19H2,(H,29,31). The fourth-order valence-corrected chi connectivity index (χ4v) is 6.45. The van der Waals surface area contributed by atoms with Crippen LogP contribution in [0.25, 0.3) is 0 Å². The molecule has 0 radical (unpaired) electrons. The predicted molar refractivity (Wildman–Crippen MR) is 122 cm³/mol. The number of nitrogens with zero attached hydrogens (tertiary/aromatic N) is 1. The Labute approximate surface area is 189 Å². The first-order chi connectivity index (χ1) is 15.5. The van der Waals surface area contributed by atoms with Crippen LogP contribution in [-0.2, 0) is 15.0 Å². The van der Waals surface area contributed by atoms with Gasteiger partial charge in [0.2, 0.25) is 11.8 Å². The lowest BCUT2D eigenvalue weighted by molar-refractivity contribution is -0.141. The third-order valence-corrected chi connectivity index (χ3v) is 8.27. The van der Waals surface area contributed by atoms with Crippen molar-refractivity contribution in [2.75, 3.05) is 19.6 Å². The fraction of sp³-hybridized carbons (Fsp3) is 0.481. The fourth-order valence-electron chi connectivity index (χ4n) is 6.45.